The number of carbonyl (C=O) groups excluding carboxylic acids is 1. The van der Waals surface area contributed by atoms with Crippen molar-refractivity contribution in [1.29, 1.82) is 0 Å². The van der Waals surface area contributed by atoms with Gasteiger partial charge in [-0.05, 0) is 12.8 Å². The first-order chi connectivity index (χ1) is 16.8. The first-order valence-corrected chi connectivity index (χ1v) is 16.1. The normalized spacial score (nSPS) is 14.2. The number of hydrogen-bond acceptors (Lipinski definition) is 5. The van der Waals surface area contributed by atoms with Crippen molar-refractivity contribution < 1.29 is 33.2 Å². The molecule has 2 atom stereocenters. The third-order valence-electron chi connectivity index (χ3n) is 6.05. The fraction of sp³-hybridized carbons (Fsp3) is 0.963. The van der Waals surface area contributed by atoms with Crippen LogP contribution in [0.25, 0.3) is 0 Å². The molecule has 0 aliphatic rings. The van der Waals surface area contributed by atoms with Crippen molar-refractivity contribution in [2.75, 3.05) is 46.6 Å². The number of hydrogen-bond donors (Lipinski definition) is 2. The summed E-state index contributed by atoms with van der Waals surface area (Å²) in [5.74, 6) is -0.327. The van der Waals surface area contributed by atoms with Crippen molar-refractivity contribution in [1.82, 2.24) is 0 Å². The lowest BCUT2D eigenvalue weighted by molar-refractivity contribution is -0.855. The Kier molecular flexibility index (Phi) is 23.6. The lowest BCUT2D eigenvalue weighted by atomic mass is 10.0. The number of ether oxygens (including phenoxy) is 2. The Bertz CT molecular complexity index is 532. The van der Waals surface area contributed by atoms with E-state index in [1.807, 2.05) is 21.0 Å². The monoisotopic (exact) mass is 522 g/mol. The molecular weight excluding hydrogens is 465 g/mol. The summed E-state index contributed by atoms with van der Waals surface area (Å²) in [6, 6.07) is 0. The van der Waals surface area contributed by atoms with Gasteiger partial charge in [-0.25, -0.2) is 0 Å². The molecule has 0 aliphatic carbocycles. The summed E-state index contributed by atoms with van der Waals surface area (Å²) >= 11 is 0. The van der Waals surface area contributed by atoms with Crippen molar-refractivity contribution in [3.63, 3.8) is 0 Å². The average Bonchev–Trinajstić information content (AvgIpc) is 2.81. The van der Waals surface area contributed by atoms with Gasteiger partial charge < -0.3 is 23.8 Å². The molecule has 0 rings (SSSR count). The summed E-state index contributed by atoms with van der Waals surface area (Å²) in [5.41, 5.74) is 0. The predicted octanol–water partition coefficient (Wildman–Crippen LogP) is 5.54. The van der Waals surface area contributed by atoms with Gasteiger partial charge in [0, 0.05) is 13.0 Å². The highest BCUT2D eigenvalue weighted by Gasteiger charge is 2.24. The Morgan fingerprint density at radius 2 is 1.31 bits per heavy atom. The number of unbranched alkanes of at least 4 members (excludes halogenated alkanes) is 13. The number of quaternary nitrogens is 1. The zero-order valence-corrected chi connectivity index (χ0v) is 24.3. The van der Waals surface area contributed by atoms with Gasteiger partial charge in [-0.2, -0.15) is 0 Å². The lowest BCUT2D eigenvalue weighted by Crippen LogP contribution is -3.06. The van der Waals surface area contributed by atoms with Crippen molar-refractivity contribution in [2.45, 2.75) is 123 Å². The van der Waals surface area contributed by atoms with Gasteiger partial charge in [-0.1, -0.05) is 97.3 Å². The minimum absolute atomic E-state index is 0.0743. The van der Waals surface area contributed by atoms with E-state index in [4.69, 9.17) is 14.0 Å². The van der Waals surface area contributed by atoms with E-state index >= 15 is 0 Å². The standard InChI is InChI=1S/C27H56NO6P/c1-5-7-8-9-10-11-12-13-14-15-16-17-18-19-22-32-24-26(34-27(29)20-6-2)25-33-35(30,31)23-21-28(3)4/h26H,5-25H2,1-4H3,(H,30,31)/p+1. The van der Waals surface area contributed by atoms with Gasteiger partial charge in [0.2, 0.25) is 0 Å². The first-order valence-electron chi connectivity index (χ1n) is 14.3. The maximum atomic E-state index is 12.2. The maximum absolute atomic E-state index is 12.2. The number of esters is 1. The van der Waals surface area contributed by atoms with Crippen LogP contribution in [-0.4, -0.2) is 63.6 Å². The van der Waals surface area contributed by atoms with Crippen LogP contribution in [0.1, 0.15) is 117 Å². The molecule has 0 aromatic rings. The molecule has 8 heteroatoms. The Labute approximate surface area is 216 Å². The second-order valence-electron chi connectivity index (χ2n) is 10.1. The van der Waals surface area contributed by atoms with E-state index < -0.39 is 13.7 Å². The minimum Gasteiger partial charge on any atom is -0.457 e. The van der Waals surface area contributed by atoms with Crippen LogP contribution in [0.2, 0.25) is 0 Å². The molecule has 0 aliphatic heterocycles. The molecule has 2 N–H and O–H groups in total. The predicted molar refractivity (Wildman–Crippen MR) is 144 cm³/mol. The fourth-order valence-electron chi connectivity index (χ4n) is 3.81. The van der Waals surface area contributed by atoms with Crippen LogP contribution in [0.4, 0.5) is 0 Å². The average molecular weight is 523 g/mol. The van der Waals surface area contributed by atoms with Crippen molar-refractivity contribution in [2.24, 2.45) is 0 Å². The molecule has 0 saturated carbocycles. The maximum Gasteiger partial charge on any atom is 0.333 e. The lowest BCUT2D eigenvalue weighted by Gasteiger charge is -2.20. The summed E-state index contributed by atoms with van der Waals surface area (Å²) in [6.45, 7) is 5.37. The van der Waals surface area contributed by atoms with Gasteiger partial charge in [0.1, 0.15) is 6.10 Å². The van der Waals surface area contributed by atoms with E-state index in [-0.39, 0.29) is 25.3 Å². The quantitative estimate of drug-likeness (QED) is 0.0881. The third-order valence-corrected chi connectivity index (χ3v) is 7.40. The van der Waals surface area contributed by atoms with Gasteiger partial charge in [-0.3, -0.25) is 9.36 Å². The Hall–Kier alpha value is -0.460. The van der Waals surface area contributed by atoms with Crippen molar-refractivity contribution in [3.8, 4) is 0 Å². The summed E-state index contributed by atoms with van der Waals surface area (Å²) in [6.07, 6.45) is 18.8. The van der Waals surface area contributed by atoms with Crippen LogP contribution in [-0.2, 0) is 23.4 Å². The van der Waals surface area contributed by atoms with Crippen molar-refractivity contribution in [3.05, 3.63) is 0 Å². The fourth-order valence-corrected chi connectivity index (χ4v) is 5.07. The second-order valence-corrected chi connectivity index (χ2v) is 12.1. The third kappa shape index (κ3) is 25.0. The largest absolute Gasteiger partial charge is 0.457 e. The van der Waals surface area contributed by atoms with Gasteiger partial charge >= 0.3 is 13.6 Å². The molecule has 210 valence electrons. The van der Waals surface area contributed by atoms with E-state index in [1.54, 1.807) is 0 Å². The summed E-state index contributed by atoms with van der Waals surface area (Å²) in [4.78, 5) is 23.0. The zero-order chi connectivity index (χ0) is 26.2. The molecule has 0 amide bonds. The van der Waals surface area contributed by atoms with E-state index in [9.17, 15) is 14.3 Å². The molecule has 0 spiro atoms. The van der Waals surface area contributed by atoms with Gasteiger partial charge in [-0.15, -0.1) is 0 Å². The molecule has 0 saturated heterocycles. The topological polar surface area (TPSA) is 86.5 Å². The van der Waals surface area contributed by atoms with Crippen molar-refractivity contribution >= 4 is 13.6 Å². The number of nitrogens with one attached hydrogen (secondary N) is 1. The highest BCUT2D eigenvalue weighted by molar-refractivity contribution is 7.52. The molecule has 2 unspecified atom stereocenters. The van der Waals surface area contributed by atoms with E-state index in [1.165, 1.54) is 77.0 Å². The summed E-state index contributed by atoms with van der Waals surface area (Å²) in [7, 11) is 0.131. The molecule has 0 bridgehead atoms. The molecule has 0 fully saturated rings. The van der Waals surface area contributed by atoms with Crippen LogP contribution < -0.4 is 4.90 Å². The highest BCUT2D eigenvalue weighted by atomic mass is 31.2. The molecule has 0 aromatic carbocycles. The van der Waals surface area contributed by atoms with E-state index in [2.05, 4.69) is 6.92 Å². The van der Waals surface area contributed by atoms with Crippen LogP contribution in [0.5, 0.6) is 0 Å². The van der Waals surface area contributed by atoms with Gasteiger partial charge in [0.25, 0.3) is 0 Å². The Morgan fingerprint density at radius 1 is 0.800 bits per heavy atom. The SMILES string of the molecule is CCCCCCCCCCCCCCCCOCC(COP(=O)(O)CC[NH+](C)C)OC(=O)CCC. The van der Waals surface area contributed by atoms with Gasteiger partial charge in [0.05, 0.1) is 40.0 Å². The second kappa shape index (κ2) is 23.9. The van der Waals surface area contributed by atoms with Crippen LogP contribution in [0.15, 0.2) is 0 Å². The van der Waals surface area contributed by atoms with Gasteiger partial charge in [0.15, 0.2) is 0 Å². The molecule has 0 radical (unpaired) electrons. The number of carbonyl (C=O) groups is 1. The molecule has 35 heavy (non-hydrogen) atoms. The van der Waals surface area contributed by atoms with E-state index in [0.29, 0.717) is 26.0 Å². The Morgan fingerprint density at radius 3 is 1.80 bits per heavy atom. The highest BCUT2D eigenvalue weighted by Crippen LogP contribution is 2.41. The first kappa shape index (κ1) is 34.5. The smallest absolute Gasteiger partial charge is 0.333 e. The molecular formula is C27H57NO6P+. The zero-order valence-electron chi connectivity index (χ0n) is 23.4. The molecule has 0 aromatic heterocycles. The Balaban J connectivity index is 3.87. The summed E-state index contributed by atoms with van der Waals surface area (Å²) < 4.78 is 28.6. The molecule has 0 heterocycles. The van der Waals surface area contributed by atoms with Crippen LogP contribution >= 0.6 is 7.60 Å². The number of rotatable bonds is 26. The van der Waals surface area contributed by atoms with Crippen LogP contribution in [0, 0.1) is 0 Å². The minimum atomic E-state index is -3.70. The molecule has 7 nitrogen and oxygen atoms in total. The van der Waals surface area contributed by atoms with Crippen LogP contribution in [0.3, 0.4) is 0 Å². The van der Waals surface area contributed by atoms with E-state index in [0.717, 1.165) is 17.7 Å². The summed E-state index contributed by atoms with van der Waals surface area (Å²) in [5, 5.41) is 0.